The normalized spacial score (nSPS) is 5.45. The minimum atomic E-state index is -1.13. The summed E-state index contributed by atoms with van der Waals surface area (Å²) < 4.78 is 13.5. The minimum absolute atomic E-state index is 0. The molecule has 0 aliphatic carbocycles. The van der Waals surface area contributed by atoms with Gasteiger partial charge in [-0.2, -0.15) is 0 Å². The largest absolute Gasteiger partial charge is 0.460 e. The molecule has 0 spiro atoms. The van der Waals surface area contributed by atoms with Crippen LogP contribution in [-0.2, 0) is 28.6 Å². The average Bonchev–Trinajstić information content (AvgIpc) is 2.40. The maximum atomic E-state index is 10.8. The topological polar surface area (TPSA) is 140 Å². The molecular weight excluding hydrogens is 777 g/mol. The summed E-state index contributed by atoms with van der Waals surface area (Å²) in [5.41, 5.74) is 0. The first-order valence-electron chi connectivity index (χ1n) is 4.86. The van der Waals surface area contributed by atoms with Gasteiger partial charge < -0.3 is 29.5 Å². The Bertz CT molecular complexity index is 291. The van der Waals surface area contributed by atoms with Crippen molar-refractivity contribution >= 4 is 89.8 Å². The second kappa shape index (κ2) is 76.7. The SMILES string of the molecule is C.C.C.C.C.C.C.C.C.C.C.C.I.I.I.O=C(CO)OCC(COC(=O)CO)OC(=O)CO. The van der Waals surface area contributed by atoms with Crippen LogP contribution in [0.4, 0.5) is 0 Å². The summed E-state index contributed by atoms with van der Waals surface area (Å²) in [4.78, 5) is 32.1. The van der Waals surface area contributed by atoms with E-state index in [1.807, 2.05) is 0 Å². The summed E-state index contributed by atoms with van der Waals surface area (Å²) in [7, 11) is 0. The third-order valence-electron chi connectivity index (χ3n) is 1.55. The van der Waals surface area contributed by atoms with E-state index in [1.165, 1.54) is 0 Å². The molecule has 0 atom stereocenters. The van der Waals surface area contributed by atoms with E-state index in [1.54, 1.807) is 0 Å². The highest BCUT2D eigenvalue weighted by molar-refractivity contribution is 14.0. The van der Waals surface area contributed by atoms with Crippen molar-refractivity contribution in [2.75, 3.05) is 33.0 Å². The molecule has 12 heteroatoms. The fraction of sp³-hybridized carbons (Fsp3) is 0.857. The van der Waals surface area contributed by atoms with Crippen LogP contribution >= 0.6 is 71.9 Å². The Morgan fingerprint density at radius 1 is 0.485 bits per heavy atom. The number of hydrogen-bond donors (Lipinski definition) is 3. The van der Waals surface area contributed by atoms with Crippen molar-refractivity contribution in [1.82, 2.24) is 0 Å². The van der Waals surface area contributed by atoms with Crippen LogP contribution in [0.5, 0.6) is 0 Å². The van der Waals surface area contributed by atoms with E-state index >= 15 is 0 Å². The maximum Gasteiger partial charge on any atom is 0.332 e. The van der Waals surface area contributed by atoms with E-state index < -0.39 is 57.0 Å². The molecule has 0 aromatic carbocycles. The minimum Gasteiger partial charge on any atom is -0.460 e. The van der Waals surface area contributed by atoms with Crippen molar-refractivity contribution in [1.29, 1.82) is 0 Å². The van der Waals surface area contributed by atoms with Gasteiger partial charge in [-0.1, -0.05) is 89.1 Å². The predicted octanol–water partition coefficient (Wildman–Crippen LogP) is 6.45. The molecule has 0 aromatic heterocycles. The number of aliphatic hydroxyl groups excluding tert-OH is 3. The van der Waals surface area contributed by atoms with Gasteiger partial charge >= 0.3 is 17.9 Å². The third-order valence-corrected chi connectivity index (χ3v) is 1.55. The molecule has 0 amide bonds. The van der Waals surface area contributed by atoms with E-state index in [9.17, 15) is 14.4 Å². The zero-order valence-corrected chi connectivity index (χ0v) is 17.6. The zero-order valence-electron chi connectivity index (χ0n) is 10.6. The van der Waals surface area contributed by atoms with Crippen molar-refractivity contribution in [2.45, 2.75) is 95.2 Å². The van der Waals surface area contributed by atoms with Crippen molar-refractivity contribution in [3.8, 4) is 0 Å². The second-order valence-corrected chi connectivity index (χ2v) is 2.95. The highest BCUT2D eigenvalue weighted by Crippen LogP contribution is 1.97. The van der Waals surface area contributed by atoms with Gasteiger partial charge in [-0.3, -0.25) is 0 Å². The van der Waals surface area contributed by atoms with Crippen LogP contribution in [-0.4, -0.2) is 72.4 Å². The molecule has 0 fully saturated rings. The molecule has 0 aromatic rings. The number of esters is 3. The summed E-state index contributed by atoms with van der Waals surface area (Å²) in [6, 6.07) is 0. The van der Waals surface area contributed by atoms with Gasteiger partial charge in [-0.25, -0.2) is 14.4 Å². The van der Waals surface area contributed by atoms with E-state index in [0.717, 1.165) is 0 Å². The second-order valence-electron chi connectivity index (χ2n) is 2.95. The quantitative estimate of drug-likeness (QED) is 0.143. The number of halogens is 3. The van der Waals surface area contributed by atoms with Crippen LogP contribution in [0.15, 0.2) is 0 Å². The van der Waals surface area contributed by atoms with Crippen LogP contribution in [0, 0.1) is 0 Å². The Kier molecular flexibility index (Phi) is 269. The van der Waals surface area contributed by atoms with Crippen molar-refractivity contribution in [2.24, 2.45) is 0 Å². The Labute approximate surface area is 260 Å². The number of carbonyl (C=O) groups is 3. The first-order chi connectivity index (χ1) is 8.53. The molecule has 0 saturated carbocycles. The molecule has 0 aliphatic heterocycles. The van der Waals surface area contributed by atoms with Gasteiger partial charge in [-0.15, -0.1) is 71.9 Å². The summed E-state index contributed by atoms with van der Waals surface area (Å²) in [6.07, 6.45) is -1.13. The van der Waals surface area contributed by atoms with Gasteiger partial charge in [0.25, 0.3) is 0 Å². The molecule has 0 bridgehead atoms. The summed E-state index contributed by atoms with van der Waals surface area (Å²) in [6.45, 7) is -3.50. The number of carbonyl (C=O) groups excluding carboxylic acids is 3. The van der Waals surface area contributed by atoms with Crippen LogP contribution in [0.1, 0.15) is 89.1 Å². The number of ether oxygens (including phenoxy) is 3. The smallest absolute Gasteiger partial charge is 0.332 e. The van der Waals surface area contributed by atoms with E-state index in [4.69, 9.17) is 15.3 Å². The van der Waals surface area contributed by atoms with E-state index in [0.29, 0.717) is 0 Å². The number of hydrogen-bond acceptors (Lipinski definition) is 9. The Hall–Kier alpha value is 0.480. The number of aliphatic hydroxyl groups is 3. The van der Waals surface area contributed by atoms with Gasteiger partial charge in [0.2, 0.25) is 0 Å². The fourth-order valence-electron chi connectivity index (χ4n) is 0.802. The van der Waals surface area contributed by atoms with Crippen LogP contribution in [0.3, 0.4) is 0 Å². The summed E-state index contributed by atoms with van der Waals surface area (Å²) >= 11 is 0. The molecule has 0 aliphatic rings. The molecule has 3 N–H and O–H groups in total. The lowest BCUT2D eigenvalue weighted by molar-refractivity contribution is -0.170. The lowest BCUT2D eigenvalue weighted by Crippen LogP contribution is -2.32. The lowest BCUT2D eigenvalue weighted by atomic mass is 10.4. The van der Waals surface area contributed by atoms with Crippen LogP contribution in [0.2, 0.25) is 0 Å². The monoisotopic (exact) mass is 842 g/mol. The molecule has 33 heavy (non-hydrogen) atoms. The first-order valence-corrected chi connectivity index (χ1v) is 4.86. The Morgan fingerprint density at radius 2 is 0.697 bits per heavy atom. The lowest BCUT2D eigenvalue weighted by Gasteiger charge is -2.16. The predicted molar refractivity (Wildman–Crippen MR) is 180 cm³/mol. The van der Waals surface area contributed by atoms with Gasteiger partial charge in [-0.05, 0) is 0 Å². The fourth-order valence-corrected chi connectivity index (χ4v) is 0.802. The summed E-state index contributed by atoms with van der Waals surface area (Å²) in [5, 5.41) is 25.2. The van der Waals surface area contributed by atoms with Crippen LogP contribution in [0.25, 0.3) is 0 Å². The third kappa shape index (κ3) is 71.9. The molecule has 9 nitrogen and oxygen atoms in total. The molecule has 224 valence electrons. The molecule has 0 saturated heterocycles. The van der Waals surface area contributed by atoms with Crippen LogP contribution < -0.4 is 0 Å². The Morgan fingerprint density at radius 3 is 0.879 bits per heavy atom. The van der Waals surface area contributed by atoms with Crippen molar-refractivity contribution in [3.05, 3.63) is 0 Å². The van der Waals surface area contributed by atoms with E-state index in [2.05, 4.69) is 14.2 Å². The Balaban J connectivity index is -0.0000000138. The first kappa shape index (κ1) is 116. The zero-order chi connectivity index (χ0) is 14.0. The molecule has 0 unspecified atom stereocenters. The van der Waals surface area contributed by atoms with Gasteiger partial charge in [0.05, 0.1) is 0 Å². The highest BCUT2D eigenvalue weighted by atomic mass is 127. The summed E-state index contributed by atoms with van der Waals surface area (Å²) in [5.74, 6) is -2.90. The molecule has 0 heterocycles. The standard InChI is InChI=1S/C9H14O9.12CH4.3HI/c10-1-7(13)16-4-6(18-9(15)3-12)5-17-8(14)2-11;;;;;;;;;;;;;;;/h6,10-12H,1-5H2;12*1H4;3*1H. The van der Waals surface area contributed by atoms with Gasteiger partial charge in [0.1, 0.15) is 33.0 Å². The number of rotatable bonds is 8. The average molecular weight is 842 g/mol. The van der Waals surface area contributed by atoms with Gasteiger partial charge in [0.15, 0.2) is 6.10 Å². The maximum absolute atomic E-state index is 10.8. The molecule has 0 rings (SSSR count). The highest BCUT2D eigenvalue weighted by Gasteiger charge is 2.18. The molecule has 0 radical (unpaired) electrons. The van der Waals surface area contributed by atoms with Crippen molar-refractivity contribution < 1.29 is 43.9 Å². The van der Waals surface area contributed by atoms with Crippen molar-refractivity contribution in [3.63, 3.8) is 0 Å². The van der Waals surface area contributed by atoms with Gasteiger partial charge in [0, 0.05) is 0 Å². The molecular formula is C21H65I3O9. The van der Waals surface area contributed by atoms with E-state index in [-0.39, 0.29) is 161 Å².